The summed E-state index contributed by atoms with van der Waals surface area (Å²) in [4.78, 5) is 45.2. The fourth-order valence-electron chi connectivity index (χ4n) is 2.65. The van der Waals surface area contributed by atoms with E-state index in [0.717, 1.165) is 12.1 Å². The number of benzene rings is 2. The zero-order chi connectivity index (χ0) is 25.5. The molecule has 1 unspecified atom stereocenters. The van der Waals surface area contributed by atoms with Crippen LogP contribution in [0.2, 0.25) is 0 Å². The van der Waals surface area contributed by atoms with Crippen LogP contribution < -0.4 is 20.7 Å². The molecule has 0 saturated heterocycles. The van der Waals surface area contributed by atoms with Crippen LogP contribution in [0.25, 0.3) is 0 Å². The van der Waals surface area contributed by atoms with Crippen molar-refractivity contribution < 1.29 is 32.5 Å². The molecular weight excluding hydrogens is 470 g/mol. The molecule has 0 saturated carbocycles. The lowest BCUT2D eigenvalue weighted by Crippen LogP contribution is -2.35. The number of amides is 2. The van der Waals surface area contributed by atoms with Crippen molar-refractivity contribution in [2.24, 2.45) is 0 Å². The third-order valence-corrected chi connectivity index (χ3v) is 5.70. The zero-order valence-electron chi connectivity index (χ0n) is 18.4. The van der Waals surface area contributed by atoms with Crippen molar-refractivity contribution in [1.29, 1.82) is 0 Å². The van der Waals surface area contributed by atoms with Crippen molar-refractivity contribution in [3.05, 3.63) is 52.6 Å². The van der Waals surface area contributed by atoms with Gasteiger partial charge in [-0.1, -0.05) is 0 Å². The average molecular weight is 493 g/mol. The molecule has 2 amide bonds. The first-order valence-electron chi connectivity index (χ1n) is 9.77. The number of nitrogens with zero attached hydrogens (tertiary/aromatic N) is 1. The van der Waals surface area contributed by atoms with Gasteiger partial charge in [-0.15, -0.1) is 0 Å². The van der Waals surface area contributed by atoms with Crippen LogP contribution in [0.5, 0.6) is 0 Å². The molecule has 0 bridgehead atoms. The number of hydrogen-bond donors (Lipinski definition) is 4. The SMILES string of the molecule is CNc1ccc(S(=O)(=O)NCC(=O)OC(C)C(=O)Nc2ccc(NC(C)=O)cc2)cc1[N+](=O)[O-]. The maximum atomic E-state index is 12.4. The summed E-state index contributed by atoms with van der Waals surface area (Å²) >= 11 is 0. The van der Waals surface area contributed by atoms with Gasteiger partial charge in [0.05, 0.1) is 9.82 Å². The molecule has 0 spiro atoms. The van der Waals surface area contributed by atoms with Crippen LogP contribution in [0.1, 0.15) is 13.8 Å². The molecule has 0 radical (unpaired) electrons. The predicted octanol–water partition coefficient (Wildman–Crippen LogP) is 1.44. The fourth-order valence-corrected chi connectivity index (χ4v) is 3.64. The summed E-state index contributed by atoms with van der Waals surface area (Å²) in [5.41, 5.74) is 0.578. The molecule has 0 fully saturated rings. The van der Waals surface area contributed by atoms with Gasteiger partial charge < -0.3 is 20.7 Å². The van der Waals surface area contributed by atoms with Crippen LogP contribution >= 0.6 is 0 Å². The summed E-state index contributed by atoms with van der Waals surface area (Å²) in [5, 5.41) is 18.8. The van der Waals surface area contributed by atoms with Crippen LogP contribution in [0, 0.1) is 10.1 Å². The van der Waals surface area contributed by atoms with E-state index in [2.05, 4.69) is 16.0 Å². The number of carbonyl (C=O) groups excluding carboxylic acids is 3. The van der Waals surface area contributed by atoms with Crippen molar-refractivity contribution in [2.75, 3.05) is 29.5 Å². The first-order chi connectivity index (χ1) is 15.9. The van der Waals surface area contributed by atoms with Gasteiger partial charge >= 0.3 is 5.97 Å². The summed E-state index contributed by atoms with van der Waals surface area (Å²) in [6, 6.07) is 9.41. The Morgan fingerprint density at radius 2 is 1.65 bits per heavy atom. The first-order valence-corrected chi connectivity index (χ1v) is 11.2. The smallest absolute Gasteiger partial charge is 0.321 e. The maximum absolute atomic E-state index is 12.4. The van der Waals surface area contributed by atoms with E-state index >= 15 is 0 Å². The van der Waals surface area contributed by atoms with Crippen LogP contribution in [-0.4, -0.2) is 50.8 Å². The van der Waals surface area contributed by atoms with E-state index in [0.29, 0.717) is 11.4 Å². The summed E-state index contributed by atoms with van der Waals surface area (Å²) in [5.74, 6) is -1.95. The van der Waals surface area contributed by atoms with Crippen molar-refractivity contribution in [3.63, 3.8) is 0 Å². The van der Waals surface area contributed by atoms with Crippen LogP contribution in [0.3, 0.4) is 0 Å². The van der Waals surface area contributed by atoms with E-state index in [1.54, 1.807) is 12.1 Å². The van der Waals surface area contributed by atoms with E-state index in [1.165, 1.54) is 39.1 Å². The third kappa shape index (κ3) is 7.25. The highest BCUT2D eigenvalue weighted by Gasteiger charge is 2.23. The summed E-state index contributed by atoms with van der Waals surface area (Å²) in [6.45, 7) is 1.86. The van der Waals surface area contributed by atoms with Gasteiger partial charge in [-0.05, 0) is 43.3 Å². The number of carbonyl (C=O) groups is 3. The molecule has 13 nitrogen and oxygen atoms in total. The maximum Gasteiger partial charge on any atom is 0.321 e. The standard InChI is InChI=1S/C20H23N5O8S/c1-12(20(28)24-15-6-4-14(5-7-15)23-13(2)26)33-19(27)11-22-34(31,32)16-8-9-17(21-3)18(10-16)25(29)30/h4-10,12,21-22H,11H2,1-3H3,(H,23,26)(H,24,28). The monoisotopic (exact) mass is 493 g/mol. The second kappa shape index (κ2) is 11.2. The van der Waals surface area contributed by atoms with Gasteiger partial charge in [0.25, 0.3) is 11.6 Å². The number of rotatable bonds is 10. The van der Waals surface area contributed by atoms with Crippen molar-refractivity contribution in [2.45, 2.75) is 24.8 Å². The molecule has 14 heteroatoms. The number of hydrogen-bond acceptors (Lipinski definition) is 9. The van der Waals surface area contributed by atoms with Gasteiger partial charge in [0, 0.05) is 31.4 Å². The number of sulfonamides is 1. The van der Waals surface area contributed by atoms with Gasteiger partial charge in [-0.2, -0.15) is 4.72 Å². The van der Waals surface area contributed by atoms with E-state index in [4.69, 9.17) is 4.74 Å². The normalized spacial score (nSPS) is 11.7. The largest absolute Gasteiger partial charge is 0.452 e. The molecular formula is C20H23N5O8S. The second-order valence-corrected chi connectivity index (χ2v) is 8.66. The number of nitro benzene ring substituents is 1. The molecule has 0 aliphatic carbocycles. The van der Waals surface area contributed by atoms with Gasteiger partial charge in [0.2, 0.25) is 15.9 Å². The predicted molar refractivity (Wildman–Crippen MR) is 123 cm³/mol. The number of nitrogens with one attached hydrogen (secondary N) is 4. The Bertz CT molecular complexity index is 1200. The van der Waals surface area contributed by atoms with Gasteiger partial charge in [0.15, 0.2) is 6.10 Å². The molecule has 34 heavy (non-hydrogen) atoms. The van der Waals surface area contributed by atoms with Crippen molar-refractivity contribution in [1.82, 2.24) is 4.72 Å². The molecule has 1 atom stereocenters. The lowest BCUT2D eigenvalue weighted by Gasteiger charge is -2.14. The topological polar surface area (TPSA) is 186 Å². The molecule has 4 N–H and O–H groups in total. The lowest BCUT2D eigenvalue weighted by atomic mass is 10.2. The lowest BCUT2D eigenvalue weighted by molar-refractivity contribution is -0.384. The minimum atomic E-state index is -4.27. The van der Waals surface area contributed by atoms with Gasteiger partial charge in [-0.25, -0.2) is 8.42 Å². The highest BCUT2D eigenvalue weighted by Crippen LogP contribution is 2.27. The minimum Gasteiger partial charge on any atom is -0.452 e. The van der Waals surface area contributed by atoms with Gasteiger partial charge in [-0.3, -0.25) is 24.5 Å². The number of nitro groups is 1. The minimum absolute atomic E-state index is 0.118. The van der Waals surface area contributed by atoms with E-state index in [-0.39, 0.29) is 11.6 Å². The highest BCUT2D eigenvalue weighted by molar-refractivity contribution is 7.89. The molecule has 2 aromatic carbocycles. The molecule has 2 rings (SSSR count). The molecule has 0 aromatic heterocycles. The number of ether oxygens (including phenoxy) is 1. The van der Waals surface area contributed by atoms with Gasteiger partial charge in [0.1, 0.15) is 12.2 Å². The summed E-state index contributed by atoms with van der Waals surface area (Å²) < 4.78 is 31.7. The first kappa shape index (κ1) is 26.2. The van der Waals surface area contributed by atoms with Crippen molar-refractivity contribution in [3.8, 4) is 0 Å². The highest BCUT2D eigenvalue weighted by atomic mass is 32.2. The molecule has 0 aliphatic heterocycles. The third-order valence-electron chi connectivity index (χ3n) is 4.30. The summed E-state index contributed by atoms with van der Waals surface area (Å²) in [6.07, 6.45) is -1.25. The number of esters is 1. The zero-order valence-corrected chi connectivity index (χ0v) is 19.3. The Morgan fingerprint density at radius 1 is 1.06 bits per heavy atom. The fraction of sp³-hybridized carbons (Fsp3) is 0.250. The van der Waals surface area contributed by atoms with Crippen molar-refractivity contribution >= 4 is 50.6 Å². The second-order valence-electron chi connectivity index (χ2n) is 6.89. The van der Waals surface area contributed by atoms with Crippen LogP contribution in [0.15, 0.2) is 47.4 Å². The Morgan fingerprint density at radius 3 is 2.18 bits per heavy atom. The average Bonchev–Trinajstić information content (AvgIpc) is 2.78. The van der Waals surface area contributed by atoms with E-state index in [9.17, 15) is 32.9 Å². The Labute approximate surface area is 195 Å². The van der Waals surface area contributed by atoms with E-state index in [1.807, 2.05) is 4.72 Å². The molecule has 0 aliphatic rings. The summed E-state index contributed by atoms with van der Waals surface area (Å²) in [7, 11) is -2.82. The molecule has 2 aromatic rings. The number of anilines is 3. The Kier molecular flexibility index (Phi) is 8.64. The Balaban J connectivity index is 1.93. The quantitative estimate of drug-likeness (QED) is 0.216. The van der Waals surface area contributed by atoms with Crippen LogP contribution in [-0.2, 0) is 29.1 Å². The molecule has 0 heterocycles. The Hall–Kier alpha value is -4.04. The molecule has 182 valence electrons. The van der Waals surface area contributed by atoms with Crippen LogP contribution in [0.4, 0.5) is 22.7 Å². The van der Waals surface area contributed by atoms with E-state index < -0.39 is 50.1 Å².